The Bertz CT molecular complexity index is 1440. The molecule has 0 aliphatic heterocycles. The molecule has 43 heavy (non-hydrogen) atoms. The lowest BCUT2D eigenvalue weighted by Gasteiger charge is -2.38. The Morgan fingerprint density at radius 1 is 1.05 bits per heavy atom. The Balaban J connectivity index is 1.60. The number of aromatic carboxylic acids is 1. The van der Waals surface area contributed by atoms with Crippen molar-refractivity contribution in [1.29, 1.82) is 0 Å². The summed E-state index contributed by atoms with van der Waals surface area (Å²) in [6.07, 6.45) is -0.784. The highest BCUT2D eigenvalue weighted by molar-refractivity contribution is 6.74. The molecule has 0 bridgehead atoms. The molecule has 2 aliphatic rings. The molecule has 228 valence electrons. The predicted octanol–water partition coefficient (Wildman–Crippen LogP) is 7.83. The average Bonchev–Trinajstić information content (AvgIpc) is 3.60. The lowest BCUT2D eigenvalue weighted by atomic mass is 9.80. The number of hydrogen-bond acceptors (Lipinski definition) is 5. The van der Waals surface area contributed by atoms with E-state index in [4.69, 9.17) is 4.43 Å². The number of nitro benzene ring substituents is 1. The molecule has 0 heterocycles. The lowest BCUT2D eigenvalue weighted by molar-refractivity contribution is -0.384. The van der Waals surface area contributed by atoms with Gasteiger partial charge in [-0.05, 0) is 53.2 Å². The van der Waals surface area contributed by atoms with Crippen molar-refractivity contribution in [3.63, 3.8) is 0 Å². The third-order valence-electron chi connectivity index (χ3n) is 10.1. The van der Waals surface area contributed by atoms with Crippen molar-refractivity contribution < 1.29 is 23.6 Å². The van der Waals surface area contributed by atoms with Gasteiger partial charge in [0.25, 0.3) is 5.69 Å². The summed E-state index contributed by atoms with van der Waals surface area (Å²) in [5.41, 5.74) is 1.31. The van der Waals surface area contributed by atoms with Gasteiger partial charge >= 0.3 is 5.97 Å². The summed E-state index contributed by atoms with van der Waals surface area (Å²) in [7, 11) is -2.24. The van der Waals surface area contributed by atoms with Crippen molar-refractivity contribution in [1.82, 2.24) is 4.90 Å². The Morgan fingerprint density at radius 2 is 1.60 bits per heavy atom. The van der Waals surface area contributed by atoms with Crippen LogP contribution in [0.2, 0.25) is 18.1 Å². The first-order valence-corrected chi connectivity index (χ1v) is 17.8. The summed E-state index contributed by atoms with van der Waals surface area (Å²) in [6.45, 7) is 12.1. The number of fused-ring (bicyclic) bond motifs is 1. The van der Waals surface area contributed by atoms with E-state index < -0.39 is 42.8 Å². The van der Waals surface area contributed by atoms with E-state index in [0.717, 1.165) is 11.1 Å². The number of rotatable bonds is 11. The molecule has 5 rings (SSSR count). The van der Waals surface area contributed by atoms with Gasteiger partial charge in [-0.2, -0.15) is 0 Å². The number of non-ortho nitro benzene ring substituents is 1. The van der Waals surface area contributed by atoms with Crippen LogP contribution in [0.3, 0.4) is 0 Å². The molecule has 3 aromatic carbocycles. The monoisotopic (exact) mass is 604 g/mol. The topological polar surface area (TPSA) is 92.9 Å². The number of alkyl halides is 1. The van der Waals surface area contributed by atoms with E-state index >= 15 is 4.39 Å². The minimum Gasteiger partial charge on any atom is -0.478 e. The molecule has 9 heteroatoms. The van der Waals surface area contributed by atoms with Crippen molar-refractivity contribution in [2.45, 2.75) is 76.5 Å². The van der Waals surface area contributed by atoms with E-state index in [0.29, 0.717) is 26.1 Å². The third kappa shape index (κ3) is 6.03. The number of nitro groups is 1. The van der Waals surface area contributed by atoms with E-state index in [-0.39, 0.29) is 27.8 Å². The minimum absolute atomic E-state index is 0.0684. The maximum atomic E-state index is 17.3. The van der Waals surface area contributed by atoms with Crippen LogP contribution in [-0.4, -0.2) is 48.0 Å². The zero-order valence-corrected chi connectivity index (χ0v) is 26.5. The zero-order chi connectivity index (χ0) is 31.2. The Morgan fingerprint density at radius 3 is 2.09 bits per heavy atom. The molecule has 0 spiro atoms. The highest BCUT2D eigenvalue weighted by atomic mass is 28.4. The largest absolute Gasteiger partial charge is 0.478 e. The lowest BCUT2D eigenvalue weighted by Crippen LogP contribution is -2.43. The first-order chi connectivity index (χ1) is 20.2. The number of carbonyl (C=O) groups is 1. The maximum absolute atomic E-state index is 17.3. The van der Waals surface area contributed by atoms with Crippen LogP contribution in [0.25, 0.3) is 0 Å². The van der Waals surface area contributed by atoms with E-state index in [1.807, 2.05) is 60.7 Å². The smallest absolute Gasteiger partial charge is 0.335 e. The molecule has 0 unspecified atom stereocenters. The van der Waals surface area contributed by atoms with E-state index in [9.17, 15) is 20.0 Å². The second kappa shape index (κ2) is 11.6. The fourth-order valence-electron chi connectivity index (χ4n) is 6.65. The second-order valence-electron chi connectivity index (χ2n) is 13.7. The van der Waals surface area contributed by atoms with Crippen LogP contribution >= 0.6 is 0 Å². The molecule has 7 nitrogen and oxygen atoms in total. The summed E-state index contributed by atoms with van der Waals surface area (Å²) in [6, 6.07) is 23.1. The third-order valence-corrected chi connectivity index (χ3v) is 14.5. The van der Waals surface area contributed by atoms with Gasteiger partial charge in [0.1, 0.15) is 6.17 Å². The molecule has 2 saturated carbocycles. The van der Waals surface area contributed by atoms with Crippen LogP contribution in [0.5, 0.6) is 0 Å². The molecule has 0 amide bonds. The molecule has 2 aliphatic carbocycles. The summed E-state index contributed by atoms with van der Waals surface area (Å²) in [5.74, 6) is -2.17. The number of halogens is 1. The normalized spacial score (nSPS) is 25.0. The van der Waals surface area contributed by atoms with Crippen LogP contribution in [0, 0.1) is 21.4 Å². The van der Waals surface area contributed by atoms with Gasteiger partial charge < -0.3 is 9.53 Å². The van der Waals surface area contributed by atoms with Crippen LogP contribution in [0.1, 0.15) is 60.2 Å². The first-order valence-electron chi connectivity index (χ1n) is 14.9. The van der Waals surface area contributed by atoms with Gasteiger partial charge in [-0.25, -0.2) is 9.18 Å². The van der Waals surface area contributed by atoms with Gasteiger partial charge in [0, 0.05) is 49.2 Å². The SMILES string of the molecule is CC(C)(C)[Si](C)(C)OC[C@]12C[C@@H]1[C@@H](N(Cc1ccccc1)Cc1ccccc1)[C@H](F)[C@@H]2c1cc([N+](=O)[O-])ccc1C(=O)O. The van der Waals surface area contributed by atoms with Crippen molar-refractivity contribution in [2.24, 2.45) is 11.3 Å². The molecule has 2 fully saturated rings. The number of carboxylic acids is 1. The van der Waals surface area contributed by atoms with Gasteiger partial charge in [-0.15, -0.1) is 0 Å². The molecule has 0 radical (unpaired) electrons. The second-order valence-corrected chi connectivity index (χ2v) is 18.5. The average molecular weight is 605 g/mol. The highest BCUT2D eigenvalue weighted by Crippen LogP contribution is 2.72. The fraction of sp³-hybridized carbons (Fsp3) is 0.441. The summed E-state index contributed by atoms with van der Waals surface area (Å²) in [5, 5.41) is 21.8. The van der Waals surface area contributed by atoms with Gasteiger partial charge in [-0.1, -0.05) is 81.4 Å². The van der Waals surface area contributed by atoms with Crippen LogP contribution in [-0.2, 0) is 17.5 Å². The molecule has 0 aromatic heterocycles. The summed E-state index contributed by atoms with van der Waals surface area (Å²) < 4.78 is 24.0. The molecular formula is C34H41FN2O5Si. The van der Waals surface area contributed by atoms with Crippen molar-refractivity contribution in [2.75, 3.05) is 6.61 Å². The van der Waals surface area contributed by atoms with Crippen molar-refractivity contribution >= 4 is 20.0 Å². The number of carboxylic acid groups (broad SMARTS) is 1. The van der Waals surface area contributed by atoms with E-state index in [2.05, 4.69) is 38.8 Å². The molecule has 5 atom stereocenters. The maximum Gasteiger partial charge on any atom is 0.335 e. The summed E-state index contributed by atoms with van der Waals surface area (Å²) >= 11 is 0. The molecular weight excluding hydrogens is 563 g/mol. The first kappa shape index (κ1) is 31.0. The Hall–Kier alpha value is -3.40. The van der Waals surface area contributed by atoms with Crippen LogP contribution in [0.4, 0.5) is 10.1 Å². The number of benzene rings is 3. The van der Waals surface area contributed by atoms with E-state index in [1.54, 1.807) is 0 Å². The molecule has 3 aromatic rings. The standard InChI is InChI=1S/C34H41FN2O5Si/c1-33(2,3)43(4,5)42-22-34-19-28(34)31(30(35)29(34)27-18-25(37(40)41)16-17-26(27)32(38)39)36(20-23-12-8-6-9-13-23)21-24-14-10-7-11-15-24/h6-18,28-31H,19-22H2,1-5H3,(H,38,39)/t28-,29+,30-,31-,34-/m1/s1. The van der Waals surface area contributed by atoms with Crippen molar-refractivity contribution in [3.8, 4) is 0 Å². The van der Waals surface area contributed by atoms with Gasteiger partial charge in [0.2, 0.25) is 0 Å². The van der Waals surface area contributed by atoms with Gasteiger partial charge in [-0.3, -0.25) is 15.0 Å². The molecule has 0 saturated heterocycles. The van der Waals surface area contributed by atoms with Gasteiger partial charge in [0.05, 0.1) is 10.5 Å². The highest BCUT2D eigenvalue weighted by Gasteiger charge is 2.73. The number of nitrogens with zero attached hydrogens (tertiary/aromatic N) is 2. The predicted molar refractivity (Wildman–Crippen MR) is 167 cm³/mol. The quantitative estimate of drug-likeness (QED) is 0.136. The Labute approximate surface area is 254 Å². The van der Waals surface area contributed by atoms with Crippen LogP contribution in [0.15, 0.2) is 78.9 Å². The molecule has 1 N–H and O–H groups in total. The van der Waals surface area contributed by atoms with Crippen LogP contribution < -0.4 is 0 Å². The van der Waals surface area contributed by atoms with Crippen molar-refractivity contribution in [3.05, 3.63) is 111 Å². The number of hydrogen-bond donors (Lipinski definition) is 1. The summed E-state index contributed by atoms with van der Waals surface area (Å²) in [4.78, 5) is 25.8. The zero-order valence-electron chi connectivity index (χ0n) is 25.5. The Kier molecular flexibility index (Phi) is 8.37. The van der Waals surface area contributed by atoms with Gasteiger partial charge in [0.15, 0.2) is 8.32 Å². The fourth-order valence-corrected chi connectivity index (χ4v) is 7.71. The van der Waals surface area contributed by atoms with E-state index in [1.165, 1.54) is 18.2 Å². The minimum atomic E-state index is -2.24.